The molecule has 2 rings (SSSR count). The van der Waals surface area contributed by atoms with Crippen LogP contribution in [-0.2, 0) is 11.2 Å². The number of benzene rings is 1. The van der Waals surface area contributed by atoms with Crippen LogP contribution >= 0.6 is 0 Å². The van der Waals surface area contributed by atoms with Crippen LogP contribution in [0, 0.1) is 6.92 Å². The second-order valence-electron chi connectivity index (χ2n) is 3.52. The molecule has 0 aliphatic carbocycles. The summed E-state index contributed by atoms with van der Waals surface area (Å²) in [5.74, 6) is 0.940. The highest BCUT2D eigenvalue weighted by atomic mass is 16.5. The number of nitrogens with zero attached hydrogens (tertiary/aromatic N) is 2. The first-order chi connectivity index (χ1) is 7.78. The van der Waals surface area contributed by atoms with Crippen molar-refractivity contribution in [2.75, 3.05) is 0 Å². The van der Waals surface area contributed by atoms with E-state index < -0.39 is 0 Å². The van der Waals surface area contributed by atoms with E-state index in [1.807, 2.05) is 31.2 Å². The SMILES string of the molecule is Cc1ccc(Cc2cc(N=C=O)no2)cc1. The highest BCUT2D eigenvalue weighted by Gasteiger charge is 2.03. The van der Waals surface area contributed by atoms with Crippen molar-refractivity contribution in [3.63, 3.8) is 0 Å². The summed E-state index contributed by atoms with van der Waals surface area (Å²) < 4.78 is 5.03. The Morgan fingerprint density at radius 3 is 2.81 bits per heavy atom. The molecule has 1 aromatic heterocycles. The minimum absolute atomic E-state index is 0.261. The minimum Gasteiger partial charge on any atom is -0.359 e. The van der Waals surface area contributed by atoms with Crippen LogP contribution < -0.4 is 0 Å². The Bertz CT molecular complexity index is 522. The molecule has 4 heteroatoms. The van der Waals surface area contributed by atoms with Crippen molar-refractivity contribution in [1.82, 2.24) is 5.16 Å². The lowest BCUT2D eigenvalue weighted by Crippen LogP contribution is -1.85. The lowest BCUT2D eigenvalue weighted by molar-refractivity contribution is 0.391. The van der Waals surface area contributed by atoms with Crippen molar-refractivity contribution in [3.05, 3.63) is 47.2 Å². The van der Waals surface area contributed by atoms with Gasteiger partial charge in [0.25, 0.3) is 0 Å². The van der Waals surface area contributed by atoms with Gasteiger partial charge in [-0.15, -0.1) is 4.99 Å². The summed E-state index contributed by atoms with van der Waals surface area (Å²) in [7, 11) is 0. The Kier molecular flexibility index (Phi) is 2.94. The number of hydrogen-bond acceptors (Lipinski definition) is 4. The van der Waals surface area contributed by atoms with Crippen molar-refractivity contribution >= 4 is 11.9 Å². The van der Waals surface area contributed by atoms with Crippen LogP contribution in [0.3, 0.4) is 0 Å². The van der Waals surface area contributed by atoms with E-state index in [0.29, 0.717) is 12.2 Å². The number of carbonyl (C=O) groups excluding carboxylic acids is 1. The molecule has 0 aliphatic rings. The Morgan fingerprint density at radius 2 is 2.12 bits per heavy atom. The van der Waals surface area contributed by atoms with Crippen LogP contribution in [0.15, 0.2) is 39.8 Å². The second-order valence-corrected chi connectivity index (χ2v) is 3.52. The fraction of sp³-hybridized carbons (Fsp3) is 0.167. The van der Waals surface area contributed by atoms with E-state index in [1.54, 1.807) is 6.07 Å². The molecule has 1 aromatic carbocycles. The van der Waals surface area contributed by atoms with Gasteiger partial charge in [-0.05, 0) is 12.5 Å². The number of rotatable bonds is 3. The van der Waals surface area contributed by atoms with Gasteiger partial charge in [0.2, 0.25) is 11.9 Å². The average molecular weight is 214 g/mol. The van der Waals surface area contributed by atoms with Crippen molar-refractivity contribution in [1.29, 1.82) is 0 Å². The second kappa shape index (κ2) is 4.55. The number of aryl methyl sites for hydroxylation is 1. The largest absolute Gasteiger partial charge is 0.359 e. The number of aliphatic imine (C=N–C) groups is 1. The first-order valence-corrected chi connectivity index (χ1v) is 4.87. The van der Waals surface area contributed by atoms with Gasteiger partial charge in [-0.3, -0.25) is 0 Å². The highest BCUT2D eigenvalue weighted by Crippen LogP contribution is 2.15. The van der Waals surface area contributed by atoms with E-state index in [-0.39, 0.29) is 5.82 Å². The molecule has 0 radical (unpaired) electrons. The van der Waals surface area contributed by atoms with E-state index in [9.17, 15) is 4.79 Å². The molecule has 80 valence electrons. The van der Waals surface area contributed by atoms with Gasteiger partial charge in [0, 0.05) is 12.5 Å². The third kappa shape index (κ3) is 2.43. The van der Waals surface area contributed by atoms with E-state index in [1.165, 1.54) is 11.6 Å². The molecule has 0 saturated carbocycles. The predicted octanol–water partition coefficient (Wildman–Crippen LogP) is 2.54. The Balaban J connectivity index is 2.14. The molecule has 0 atom stereocenters. The van der Waals surface area contributed by atoms with Gasteiger partial charge in [-0.25, -0.2) is 4.79 Å². The van der Waals surface area contributed by atoms with E-state index >= 15 is 0 Å². The van der Waals surface area contributed by atoms with Gasteiger partial charge < -0.3 is 4.52 Å². The van der Waals surface area contributed by atoms with Crippen molar-refractivity contribution in [3.8, 4) is 0 Å². The van der Waals surface area contributed by atoms with Gasteiger partial charge in [-0.1, -0.05) is 35.0 Å². The summed E-state index contributed by atoms with van der Waals surface area (Å²) in [5, 5.41) is 3.62. The molecule has 0 bridgehead atoms. The topological polar surface area (TPSA) is 55.5 Å². The summed E-state index contributed by atoms with van der Waals surface area (Å²) in [4.78, 5) is 13.4. The number of isocyanates is 1. The highest BCUT2D eigenvalue weighted by molar-refractivity contribution is 5.44. The van der Waals surface area contributed by atoms with E-state index in [0.717, 1.165) is 5.56 Å². The van der Waals surface area contributed by atoms with Crippen molar-refractivity contribution < 1.29 is 9.32 Å². The molecule has 16 heavy (non-hydrogen) atoms. The van der Waals surface area contributed by atoms with Crippen LogP contribution in [0.4, 0.5) is 5.82 Å². The van der Waals surface area contributed by atoms with Crippen molar-refractivity contribution in [2.45, 2.75) is 13.3 Å². The fourth-order valence-electron chi connectivity index (χ4n) is 1.39. The molecule has 0 spiro atoms. The van der Waals surface area contributed by atoms with E-state index in [2.05, 4.69) is 10.1 Å². The summed E-state index contributed by atoms with van der Waals surface area (Å²) in [5.41, 5.74) is 2.34. The average Bonchev–Trinajstić information content (AvgIpc) is 2.70. The van der Waals surface area contributed by atoms with Gasteiger partial charge in [0.05, 0.1) is 0 Å². The maximum absolute atomic E-state index is 10.0. The predicted molar refractivity (Wildman–Crippen MR) is 58.3 cm³/mol. The maximum atomic E-state index is 10.0. The molecule has 0 aliphatic heterocycles. The first kappa shape index (κ1) is 10.3. The van der Waals surface area contributed by atoms with Crippen LogP contribution in [-0.4, -0.2) is 11.2 Å². The third-order valence-corrected chi connectivity index (χ3v) is 2.21. The third-order valence-electron chi connectivity index (χ3n) is 2.21. The summed E-state index contributed by atoms with van der Waals surface area (Å²) in [6.07, 6.45) is 2.06. The van der Waals surface area contributed by atoms with E-state index in [4.69, 9.17) is 4.52 Å². The molecule has 1 heterocycles. The number of hydrogen-bond donors (Lipinski definition) is 0. The standard InChI is InChI=1S/C12H10N2O2/c1-9-2-4-10(5-3-9)6-11-7-12(13-8-15)14-16-11/h2-5,7H,6H2,1H3. The molecule has 2 aromatic rings. The number of aromatic nitrogens is 1. The molecule has 4 nitrogen and oxygen atoms in total. The zero-order valence-electron chi connectivity index (χ0n) is 8.80. The molecular weight excluding hydrogens is 204 g/mol. The van der Waals surface area contributed by atoms with Crippen LogP contribution in [0.2, 0.25) is 0 Å². The van der Waals surface area contributed by atoms with Crippen LogP contribution in [0.5, 0.6) is 0 Å². The summed E-state index contributed by atoms with van der Waals surface area (Å²) in [6.45, 7) is 2.04. The maximum Gasteiger partial charge on any atom is 0.242 e. The lowest BCUT2D eigenvalue weighted by atomic mass is 10.1. The summed E-state index contributed by atoms with van der Waals surface area (Å²) in [6, 6.07) is 9.76. The van der Waals surface area contributed by atoms with Gasteiger partial charge in [-0.2, -0.15) is 0 Å². The fourth-order valence-corrected chi connectivity index (χ4v) is 1.39. The smallest absolute Gasteiger partial charge is 0.242 e. The molecule has 0 N–H and O–H groups in total. The Morgan fingerprint density at radius 1 is 1.38 bits per heavy atom. The van der Waals surface area contributed by atoms with Gasteiger partial charge in [0.15, 0.2) is 0 Å². The minimum atomic E-state index is 0.261. The molecule has 0 amide bonds. The quantitative estimate of drug-likeness (QED) is 0.582. The van der Waals surface area contributed by atoms with Crippen molar-refractivity contribution in [2.24, 2.45) is 4.99 Å². The summed E-state index contributed by atoms with van der Waals surface area (Å²) >= 11 is 0. The zero-order chi connectivity index (χ0) is 11.4. The zero-order valence-corrected chi connectivity index (χ0v) is 8.80. The normalized spacial score (nSPS) is 9.81. The van der Waals surface area contributed by atoms with Crippen LogP contribution in [0.1, 0.15) is 16.9 Å². The van der Waals surface area contributed by atoms with Crippen LogP contribution in [0.25, 0.3) is 0 Å². The lowest BCUT2D eigenvalue weighted by Gasteiger charge is -1.97. The molecule has 0 fully saturated rings. The molecule has 0 unspecified atom stereocenters. The molecular formula is C12H10N2O2. The first-order valence-electron chi connectivity index (χ1n) is 4.87. The molecule has 0 saturated heterocycles. The monoisotopic (exact) mass is 214 g/mol. The van der Waals surface area contributed by atoms with Gasteiger partial charge in [0.1, 0.15) is 5.76 Å². The Hall–Kier alpha value is -2.19. The Labute approximate surface area is 92.6 Å². The van der Waals surface area contributed by atoms with Gasteiger partial charge >= 0.3 is 0 Å².